The summed E-state index contributed by atoms with van der Waals surface area (Å²) in [6.45, 7) is 1.43. The molecule has 0 aromatic rings. The monoisotopic (exact) mass is 292 g/mol. The Morgan fingerprint density at radius 1 is 1.37 bits per heavy atom. The molecule has 2 N–H and O–H groups in total. The van der Waals surface area contributed by atoms with Crippen LogP contribution in [0.4, 0.5) is 0 Å². The van der Waals surface area contributed by atoms with E-state index >= 15 is 0 Å². The molecule has 0 bridgehead atoms. The highest BCUT2D eigenvalue weighted by atomic mass is 32.2. The van der Waals surface area contributed by atoms with Crippen molar-refractivity contribution in [2.75, 3.05) is 25.9 Å². The molecule has 1 aliphatic heterocycles. The Hall–Kier alpha value is -1.15. The first kappa shape index (κ1) is 15.9. The molecule has 1 saturated heterocycles. The predicted molar refractivity (Wildman–Crippen MR) is 69.0 cm³/mol. The van der Waals surface area contributed by atoms with Crippen LogP contribution in [-0.4, -0.2) is 56.2 Å². The zero-order valence-electron chi connectivity index (χ0n) is 11.0. The lowest BCUT2D eigenvalue weighted by molar-refractivity contribution is -0.141. The number of aliphatic carboxylic acids is 1. The summed E-state index contributed by atoms with van der Waals surface area (Å²) in [6, 6.07) is 0. The number of likely N-dealkylation sites (tertiary alicyclic amines) is 1. The summed E-state index contributed by atoms with van der Waals surface area (Å²) in [6.07, 6.45) is 2.62. The van der Waals surface area contributed by atoms with E-state index in [1.54, 1.807) is 4.90 Å². The Kier molecular flexibility index (Phi) is 5.74. The standard InChI is InChI=1S/C11H20N2O5S/c1-19(17,18)12-7-9-3-2-6-13(8-9)10(14)4-5-11(15)16/h9,12H,2-8H2,1H3,(H,15,16). The van der Waals surface area contributed by atoms with Gasteiger partial charge in [-0.15, -0.1) is 0 Å². The molecule has 19 heavy (non-hydrogen) atoms. The van der Waals surface area contributed by atoms with Crippen molar-refractivity contribution >= 4 is 21.9 Å². The molecule has 1 fully saturated rings. The van der Waals surface area contributed by atoms with Gasteiger partial charge in [0.05, 0.1) is 12.7 Å². The topological polar surface area (TPSA) is 104 Å². The average Bonchev–Trinajstić information content (AvgIpc) is 2.33. The van der Waals surface area contributed by atoms with Crippen LogP contribution in [0.3, 0.4) is 0 Å². The number of rotatable bonds is 6. The van der Waals surface area contributed by atoms with Crippen molar-refractivity contribution in [3.8, 4) is 0 Å². The normalized spacial score (nSPS) is 20.3. The van der Waals surface area contributed by atoms with Crippen molar-refractivity contribution in [3.63, 3.8) is 0 Å². The molecule has 8 heteroatoms. The summed E-state index contributed by atoms with van der Waals surface area (Å²) in [5.74, 6) is -1.07. The molecule has 0 aromatic heterocycles. The van der Waals surface area contributed by atoms with E-state index in [1.165, 1.54) is 0 Å². The smallest absolute Gasteiger partial charge is 0.303 e. The van der Waals surface area contributed by atoms with Crippen LogP contribution < -0.4 is 4.72 Å². The Morgan fingerprint density at radius 3 is 2.63 bits per heavy atom. The van der Waals surface area contributed by atoms with Crippen LogP contribution in [0, 0.1) is 5.92 Å². The number of amides is 1. The number of carbonyl (C=O) groups is 2. The van der Waals surface area contributed by atoms with E-state index in [0.29, 0.717) is 19.6 Å². The van der Waals surface area contributed by atoms with E-state index in [1.807, 2.05) is 0 Å². The highest BCUT2D eigenvalue weighted by Gasteiger charge is 2.24. The Morgan fingerprint density at radius 2 is 2.05 bits per heavy atom. The molecule has 0 aliphatic carbocycles. The first-order valence-electron chi connectivity index (χ1n) is 6.22. The molecular weight excluding hydrogens is 272 g/mol. The zero-order chi connectivity index (χ0) is 14.5. The van der Waals surface area contributed by atoms with Crippen molar-refractivity contribution in [1.29, 1.82) is 0 Å². The first-order valence-corrected chi connectivity index (χ1v) is 8.11. The lowest BCUT2D eigenvalue weighted by Crippen LogP contribution is -2.43. The quantitative estimate of drug-likeness (QED) is 0.695. The third-order valence-electron chi connectivity index (χ3n) is 3.06. The van der Waals surface area contributed by atoms with Gasteiger partial charge in [0.25, 0.3) is 0 Å². The van der Waals surface area contributed by atoms with Gasteiger partial charge < -0.3 is 10.0 Å². The average molecular weight is 292 g/mol. The van der Waals surface area contributed by atoms with Crippen LogP contribution in [0.15, 0.2) is 0 Å². The number of carbonyl (C=O) groups excluding carboxylic acids is 1. The summed E-state index contributed by atoms with van der Waals surface area (Å²) in [4.78, 5) is 23.8. The number of hydrogen-bond donors (Lipinski definition) is 2. The number of nitrogens with one attached hydrogen (secondary N) is 1. The molecule has 110 valence electrons. The fourth-order valence-electron chi connectivity index (χ4n) is 2.10. The van der Waals surface area contributed by atoms with Crippen LogP contribution in [-0.2, 0) is 19.6 Å². The molecule has 0 spiro atoms. The van der Waals surface area contributed by atoms with Crippen molar-refractivity contribution in [1.82, 2.24) is 9.62 Å². The second-order valence-corrected chi connectivity index (χ2v) is 6.70. The maximum atomic E-state index is 11.8. The Labute approximate surface area is 113 Å². The maximum Gasteiger partial charge on any atom is 0.303 e. The van der Waals surface area contributed by atoms with E-state index in [2.05, 4.69) is 4.72 Å². The zero-order valence-corrected chi connectivity index (χ0v) is 11.8. The fraction of sp³-hybridized carbons (Fsp3) is 0.818. The SMILES string of the molecule is CS(=O)(=O)NCC1CCCN(C(=O)CCC(=O)O)C1. The third-order valence-corrected chi connectivity index (χ3v) is 3.75. The van der Waals surface area contributed by atoms with Crippen molar-refractivity contribution in [2.45, 2.75) is 25.7 Å². The fourth-order valence-corrected chi connectivity index (χ4v) is 2.64. The molecule has 1 unspecified atom stereocenters. The summed E-state index contributed by atoms with van der Waals surface area (Å²) >= 11 is 0. The van der Waals surface area contributed by atoms with Gasteiger partial charge in [-0.2, -0.15) is 0 Å². The van der Waals surface area contributed by atoms with Crippen LogP contribution in [0.1, 0.15) is 25.7 Å². The third kappa shape index (κ3) is 6.53. The predicted octanol–water partition coefficient (Wildman–Crippen LogP) is -0.361. The Balaban J connectivity index is 2.41. The largest absolute Gasteiger partial charge is 0.481 e. The summed E-state index contributed by atoms with van der Waals surface area (Å²) in [5, 5.41) is 8.54. The molecule has 0 saturated carbocycles. The summed E-state index contributed by atoms with van der Waals surface area (Å²) in [7, 11) is -3.21. The number of nitrogens with zero attached hydrogens (tertiary/aromatic N) is 1. The van der Waals surface area contributed by atoms with Gasteiger partial charge in [0.15, 0.2) is 0 Å². The molecule has 1 atom stereocenters. The van der Waals surface area contributed by atoms with Crippen molar-refractivity contribution in [2.24, 2.45) is 5.92 Å². The number of piperidine rings is 1. The molecule has 1 rings (SSSR count). The van der Waals surface area contributed by atoms with Crippen LogP contribution >= 0.6 is 0 Å². The number of sulfonamides is 1. The van der Waals surface area contributed by atoms with Gasteiger partial charge >= 0.3 is 5.97 Å². The van der Waals surface area contributed by atoms with E-state index in [-0.39, 0.29) is 24.7 Å². The van der Waals surface area contributed by atoms with E-state index < -0.39 is 16.0 Å². The van der Waals surface area contributed by atoms with E-state index in [9.17, 15) is 18.0 Å². The van der Waals surface area contributed by atoms with Gasteiger partial charge in [0.2, 0.25) is 15.9 Å². The minimum absolute atomic E-state index is 0.00155. The second kappa shape index (κ2) is 6.85. The lowest BCUT2D eigenvalue weighted by atomic mass is 9.98. The van der Waals surface area contributed by atoms with Gasteiger partial charge in [0.1, 0.15) is 0 Å². The molecular formula is C11H20N2O5S. The Bertz CT molecular complexity index is 434. The van der Waals surface area contributed by atoms with Crippen LogP contribution in [0.5, 0.6) is 0 Å². The van der Waals surface area contributed by atoms with Crippen molar-refractivity contribution in [3.05, 3.63) is 0 Å². The molecule has 0 radical (unpaired) electrons. The van der Waals surface area contributed by atoms with E-state index in [0.717, 1.165) is 19.1 Å². The van der Waals surface area contributed by atoms with Gasteiger partial charge in [0, 0.05) is 26.1 Å². The second-order valence-electron chi connectivity index (χ2n) is 4.86. The molecule has 1 aliphatic rings. The van der Waals surface area contributed by atoms with Crippen molar-refractivity contribution < 1.29 is 23.1 Å². The van der Waals surface area contributed by atoms with Gasteiger partial charge in [-0.05, 0) is 18.8 Å². The number of carboxylic acids is 1. The van der Waals surface area contributed by atoms with Gasteiger partial charge in [-0.25, -0.2) is 13.1 Å². The maximum absolute atomic E-state index is 11.8. The number of carboxylic acid groups (broad SMARTS) is 1. The molecule has 1 heterocycles. The number of hydrogen-bond acceptors (Lipinski definition) is 4. The molecule has 1 amide bonds. The first-order chi connectivity index (χ1) is 8.78. The molecule has 7 nitrogen and oxygen atoms in total. The minimum Gasteiger partial charge on any atom is -0.481 e. The molecule has 0 aromatic carbocycles. The summed E-state index contributed by atoms with van der Waals surface area (Å²) in [5.41, 5.74) is 0. The highest BCUT2D eigenvalue weighted by Crippen LogP contribution is 2.17. The summed E-state index contributed by atoms with van der Waals surface area (Å²) < 4.78 is 24.5. The minimum atomic E-state index is -3.21. The van der Waals surface area contributed by atoms with Crippen LogP contribution in [0.25, 0.3) is 0 Å². The highest BCUT2D eigenvalue weighted by molar-refractivity contribution is 7.88. The van der Waals surface area contributed by atoms with Gasteiger partial charge in [-0.1, -0.05) is 0 Å². The van der Waals surface area contributed by atoms with Crippen LogP contribution in [0.2, 0.25) is 0 Å². The van der Waals surface area contributed by atoms with Gasteiger partial charge in [-0.3, -0.25) is 9.59 Å². The lowest BCUT2D eigenvalue weighted by Gasteiger charge is -2.32. The van der Waals surface area contributed by atoms with E-state index in [4.69, 9.17) is 5.11 Å².